The maximum atomic E-state index is 11.4. The fourth-order valence-electron chi connectivity index (χ4n) is 1.15. The van der Waals surface area contributed by atoms with Crippen molar-refractivity contribution in [3.8, 4) is 0 Å². The summed E-state index contributed by atoms with van der Waals surface area (Å²) in [6.07, 6.45) is 0. The number of nitrogens with two attached hydrogens (primary N) is 1. The van der Waals surface area contributed by atoms with Crippen LogP contribution in [0, 0.1) is 0 Å². The monoisotopic (exact) mass is 287 g/mol. The largest absolute Gasteiger partial charge is 0.480 e. The maximum Gasteiger partial charge on any atom is 0.325 e. The second-order valence-corrected chi connectivity index (χ2v) is 5.29. The van der Waals surface area contributed by atoms with E-state index in [0.717, 1.165) is 0 Å². The Morgan fingerprint density at radius 3 is 2.21 bits per heavy atom. The molecule has 0 aliphatic carbocycles. The molecule has 0 radical (unpaired) electrons. The van der Waals surface area contributed by atoms with Gasteiger partial charge < -0.3 is 15.7 Å². The first-order valence-corrected chi connectivity index (χ1v) is 6.68. The predicted molar refractivity (Wildman–Crippen MR) is 67.1 cm³/mol. The molecule has 19 heavy (non-hydrogen) atoms. The van der Waals surface area contributed by atoms with Gasteiger partial charge in [-0.3, -0.25) is 4.79 Å². The number of amides is 2. The zero-order valence-electron chi connectivity index (χ0n) is 9.95. The molecule has 0 saturated carbocycles. The summed E-state index contributed by atoms with van der Waals surface area (Å²) in [5, 5.41) is 18.1. The number of aliphatic carboxylic acids is 1. The number of hydrogen-bond acceptors (Lipinski definition) is 4. The van der Waals surface area contributed by atoms with Gasteiger partial charge in [-0.1, -0.05) is 0 Å². The second kappa shape index (κ2) is 5.67. The average Bonchev–Trinajstić information content (AvgIpc) is 2.28. The van der Waals surface area contributed by atoms with Crippen molar-refractivity contribution in [2.24, 2.45) is 5.14 Å². The van der Waals surface area contributed by atoms with E-state index in [1.807, 2.05) is 0 Å². The van der Waals surface area contributed by atoms with Crippen LogP contribution in [0.5, 0.6) is 0 Å². The van der Waals surface area contributed by atoms with Crippen LogP contribution in [0.2, 0.25) is 0 Å². The quantitative estimate of drug-likeness (QED) is 0.614. The molecule has 1 aromatic rings. The summed E-state index contributed by atoms with van der Waals surface area (Å²) >= 11 is 0. The van der Waals surface area contributed by atoms with Gasteiger partial charge in [-0.2, -0.15) is 0 Å². The molecule has 2 amide bonds. The van der Waals surface area contributed by atoms with Gasteiger partial charge in [0.25, 0.3) is 0 Å². The molecule has 0 aliphatic heterocycles. The van der Waals surface area contributed by atoms with Crippen LogP contribution < -0.4 is 15.8 Å². The van der Waals surface area contributed by atoms with Crippen molar-refractivity contribution < 1.29 is 23.1 Å². The van der Waals surface area contributed by atoms with Crippen molar-refractivity contribution in [2.45, 2.75) is 17.9 Å². The molecule has 0 heterocycles. The van der Waals surface area contributed by atoms with Crippen molar-refractivity contribution in [2.75, 3.05) is 5.32 Å². The molecule has 0 fully saturated rings. The highest BCUT2D eigenvalue weighted by molar-refractivity contribution is 7.89. The lowest BCUT2D eigenvalue weighted by molar-refractivity contribution is -0.138. The van der Waals surface area contributed by atoms with E-state index in [-0.39, 0.29) is 4.90 Å². The topological polar surface area (TPSA) is 139 Å². The van der Waals surface area contributed by atoms with Crippen LogP contribution in [-0.4, -0.2) is 31.6 Å². The summed E-state index contributed by atoms with van der Waals surface area (Å²) in [7, 11) is -3.78. The summed E-state index contributed by atoms with van der Waals surface area (Å²) in [4.78, 5) is 21.8. The predicted octanol–water partition coefficient (Wildman–Crippen LogP) is -0.0714. The summed E-state index contributed by atoms with van der Waals surface area (Å²) < 4.78 is 22.0. The zero-order valence-corrected chi connectivity index (χ0v) is 10.8. The Labute approximate surface area is 109 Å². The van der Waals surface area contributed by atoms with Crippen molar-refractivity contribution in [3.63, 3.8) is 0 Å². The fraction of sp³-hybridized carbons (Fsp3) is 0.200. The van der Waals surface area contributed by atoms with Crippen LogP contribution >= 0.6 is 0 Å². The molecule has 104 valence electrons. The fourth-order valence-corrected chi connectivity index (χ4v) is 1.67. The third kappa shape index (κ3) is 4.56. The highest BCUT2D eigenvalue weighted by Gasteiger charge is 2.14. The summed E-state index contributed by atoms with van der Waals surface area (Å²) in [6, 6.07) is 3.38. The minimum Gasteiger partial charge on any atom is -0.480 e. The van der Waals surface area contributed by atoms with Crippen LogP contribution in [0.1, 0.15) is 6.92 Å². The molecular weight excluding hydrogens is 274 g/mol. The number of rotatable bonds is 4. The Bertz CT molecular complexity index is 582. The standard InChI is InChI=1S/C10H13N3O5S/c1-6(9(14)15)12-10(16)13-7-2-4-8(5-3-7)19(11,17)18/h2-6H,1H3,(H,14,15)(H2,11,17,18)(H2,12,13,16)/t6-/m0/s1. The summed E-state index contributed by atoms with van der Waals surface area (Å²) in [5.41, 5.74) is 0.308. The molecule has 0 bridgehead atoms. The molecule has 9 heteroatoms. The van der Waals surface area contributed by atoms with E-state index < -0.39 is 28.1 Å². The number of carboxylic acid groups (broad SMARTS) is 1. The molecule has 0 spiro atoms. The van der Waals surface area contributed by atoms with E-state index >= 15 is 0 Å². The molecule has 1 atom stereocenters. The van der Waals surface area contributed by atoms with Crippen molar-refractivity contribution in [3.05, 3.63) is 24.3 Å². The van der Waals surface area contributed by atoms with E-state index in [2.05, 4.69) is 10.6 Å². The first-order valence-electron chi connectivity index (χ1n) is 5.13. The van der Waals surface area contributed by atoms with Crippen molar-refractivity contribution >= 4 is 27.7 Å². The molecule has 0 aliphatic rings. The van der Waals surface area contributed by atoms with Crippen molar-refractivity contribution in [1.29, 1.82) is 0 Å². The Morgan fingerprint density at radius 2 is 1.79 bits per heavy atom. The highest BCUT2D eigenvalue weighted by atomic mass is 32.2. The number of carbonyl (C=O) groups excluding carboxylic acids is 1. The first kappa shape index (κ1) is 14.9. The molecule has 1 aromatic carbocycles. The summed E-state index contributed by atoms with van der Waals surface area (Å²) in [6.45, 7) is 1.31. The van der Waals surface area contributed by atoms with Gasteiger partial charge in [-0.15, -0.1) is 0 Å². The van der Waals surface area contributed by atoms with Crippen LogP contribution in [0.4, 0.5) is 10.5 Å². The van der Waals surface area contributed by atoms with Gasteiger partial charge in [0.1, 0.15) is 6.04 Å². The molecule has 5 N–H and O–H groups in total. The lowest BCUT2D eigenvalue weighted by Gasteiger charge is -2.10. The number of urea groups is 1. The Balaban J connectivity index is 2.69. The van der Waals surface area contributed by atoms with Gasteiger partial charge in [0.05, 0.1) is 4.90 Å². The molecule has 1 rings (SSSR count). The molecule has 0 unspecified atom stereocenters. The molecular formula is C10H13N3O5S. The Hall–Kier alpha value is -2.13. The number of sulfonamides is 1. The number of primary sulfonamides is 1. The van der Waals surface area contributed by atoms with Crippen LogP contribution in [0.15, 0.2) is 29.2 Å². The van der Waals surface area contributed by atoms with E-state index in [0.29, 0.717) is 5.69 Å². The molecule has 8 nitrogen and oxygen atoms in total. The third-order valence-corrected chi connectivity index (χ3v) is 3.09. The Morgan fingerprint density at radius 1 is 1.26 bits per heavy atom. The summed E-state index contributed by atoms with van der Waals surface area (Å²) in [5.74, 6) is -1.17. The first-order chi connectivity index (χ1) is 8.70. The lowest BCUT2D eigenvalue weighted by atomic mass is 10.3. The van der Waals surface area contributed by atoms with Gasteiger partial charge in [-0.05, 0) is 31.2 Å². The normalized spacial score (nSPS) is 12.5. The van der Waals surface area contributed by atoms with Gasteiger partial charge in [0.15, 0.2) is 0 Å². The second-order valence-electron chi connectivity index (χ2n) is 3.73. The van der Waals surface area contributed by atoms with Crippen LogP contribution in [0.25, 0.3) is 0 Å². The van der Waals surface area contributed by atoms with E-state index in [1.165, 1.54) is 31.2 Å². The SMILES string of the molecule is C[C@H](NC(=O)Nc1ccc(S(N)(=O)=O)cc1)C(=O)O. The van der Waals surface area contributed by atoms with Crippen molar-refractivity contribution in [1.82, 2.24) is 5.32 Å². The average molecular weight is 287 g/mol. The smallest absolute Gasteiger partial charge is 0.325 e. The zero-order chi connectivity index (χ0) is 14.6. The number of nitrogens with one attached hydrogen (secondary N) is 2. The number of benzene rings is 1. The van der Waals surface area contributed by atoms with Gasteiger partial charge in [0.2, 0.25) is 10.0 Å². The number of anilines is 1. The van der Waals surface area contributed by atoms with Crippen LogP contribution in [-0.2, 0) is 14.8 Å². The van der Waals surface area contributed by atoms with E-state index in [1.54, 1.807) is 0 Å². The van der Waals surface area contributed by atoms with Gasteiger partial charge in [0, 0.05) is 5.69 Å². The van der Waals surface area contributed by atoms with Crippen LogP contribution in [0.3, 0.4) is 0 Å². The van der Waals surface area contributed by atoms with E-state index in [9.17, 15) is 18.0 Å². The molecule has 0 aromatic heterocycles. The number of hydrogen-bond donors (Lipinski definition) is 4. The number of carboxylic acids is 1. The minimum atomic E-state index is -3.78. The number of carbonyl (C=O) groups is 2. The highest BCUT2D eigenvalue weighted by Crippen LogP contribution is 2.12. The maximum absolute atomic E-state index is 11.4. The molecule has 0 saturated heterocycles. The Kier molecular flexibility index (Phi) is 4.46. The van der Waals surface area contributed by atoms with Gasteiger partial charge in [-0.25, -0.2) is 18.4 Å². The van der Waals surface area contributed by atoms with Gasteiger partial charge >= 0.3 is 12.0 Å². The minimum absolute atomic E-state index is 0.0858. The van der Waals surface area contributed by atoms with E-state index in [4.69, 9.17) is 10.2 Å². The third-order valence-electron chi connectivity index (χ3n) is 2.16. The lowest BCUT2D eigenvalue weighted by Crippen LogP contribution is -2.40.